The van der Waals surface area contributed by atoms with Crippen LogP contribution in [0.5, 0.6) is 0 Å². The lowest BCUT2D eigenvalue weighted by Gasteiger charge is -2.02. The number of carbonyl (C=O) groups is 1. The molecular weight excluding hydrogens is 285 g/mol. The van der Waals surface area contributed by atoms with Crippen molar-refractivity contribution in [2.24, 2.45) is 0 Å². The van der Waals surface area contributed by atoms with Crippen LogP contribution in [-0.4, -0.2) is 28.9 Å². The van der Waals surface area contributed by atoms with Gasteiger partial charge in [0.1, 0.15) is 0 Å². The van der Waals surface area contributed by atoms with Gasteiger partial charge in [-0.1, -0.05) is 29.0 Å². The fourth-order valence-corrected chi connectivity index (χ4v) is 1.71. The molecule has 0 atom stereocenters. The number of rotatable bonds is 7. The zero-order chi connectivity index (χ0) is 9.23. The number of hydrogen-bond donors (Lipinski definition) is 1. The SMILES string of the molecule is CSCC(=O)NCCCCCI. The smallest absolute Gasteiger partial charge is 0.229 e. The van der Waals surface area contributed by atoms with E-state index in [0.717, 1.165) is 13.0 Å². The fourth-order valence-electron chi connectivity index (χ4n) is 0.806. The van der Waals surface area contributed by atoms with E-state index in [2.05, 4.69) is 27.9 Å². The third-order valence-electron chi connectivity index (χ3n) is 1.41. The van der Waals surface area contributed by atoms with Crippen molar-refractivity contribution < 1.29 is 4.79 Å². The Bertz CT molecular complexity index is 122. The van der Waals surface area contributed by atoms with Gasteiger partial charge in [-0.15, -0.1) is 0 Å². The molecule has 1 N–H and O–H groups in total. The maximum atomic E-state index is 10.9. The molecule has 4 heteroatoms. The van der Waals surface area contributed by atoms with Gasteiger partial charge in [-0.2, -0.15) is 11.8 Å². The van der Waals surface area contributed by atoms with Gasteiger partial charge in [0.2, 0.25) is 5.91 Å². The minimum Gasteiger partial charge on any atom is -0.355 e. The number of halogens is 1. The first-order valence-electron chi connectivity index (χ1n) is 4.13. The molecular formula is C8H16INOS. The van der Waals surface area contributed by atoms with E-state index >= 15 is 0 Å². The largest absolute Gasteiger partial charge is 0.355 e. The number of carbonyl (C=O) groups excluding carboxylic acids is 1. The minimum absolute atomic E-state index is 0.164. The Morgan fingerprint density at radius 3 is 2.75 bits per heavy atom. The molecule has 12 heavy (non-hydrogen) atoms. The van der Waals surface area contributed by atoms with Crippen LogP contribution in [0.2, 0.25) is 0 Å². The van der Waals surface area contributed by atoms with E-state index in [1.165, 1.54) is 17.3 Å². The van der Waals surface area contributed by atoms with E-state index in [4.69, 9.17) is 0 Å². The quantitative estimate of drug-likeness (QED) is 0.443. The Kier molecular flexibility index (Phi) is 10.1. The Morgan fingerprint density at radius 1 is 1.42 bits per heavy atom. The van der Waals surface area contributed by atoms with E-state index < -0.39 is 0 Å². The summed E-state index contributed by atoms with van der Waals surface area (Å²) in [6.07, 6.45) is 5.54. The van der Waals surface area contributed by atoms with E-state index in [1.54, 1.807) is 11.8 Å². The van der Waals surface area contributed by atoms with Crippen molar-refractivity contribution in [2.75, 3.05) is 23.0 Å². The number of alkyl halides is 1. The molecule has 0 aliphatic rings. The molecule has 0 aromatic rings. The molecule has 1 amide bonds. The van der Waals surface area contributed by atoms with Gasteiger partial charge in [-0.25, -0.2) is 0 Å². The van der Waals surface area contributed by atoms with Gasteiger partial charge in [0.15, 0.2) is 0 Å². The van der Waals surface area contributed by atoms with Gasteiger partial charge in [0.25, 0.3) is 0 Å². The van der Waals surface area contributed by atoms with E-state index in [9.17, 15) is 4.79 Å². The molecule has 72 valence electrons. The van der Waals surface area contributed by atoms with Crippen LogP contribution in [0.15, 0.2) is 0 Å². The van der Waals surface area contributed by atoms with Gasteiger partial charge < -0.3 is 5.32 Å². The summed E-state index contributed by atoms with van der Waals surface area (Å²) in [6.45, 7) is 0.843. The van der Waals surface area contributed by atoms with Gasteiger partial charge in [0.05, 0.1) is 5.75 Å². The minimum atomic E-state index is 0.164. The van der Waals surface area contributed by atoms with Crippen LogP contribution in [0.4, 0.5) is 0 Å². The second kappa shape index (κ2) is 9.64. The standard InChI is InChI=1S/C8H16INOS/c1-12-7-8(11)10-6-4-2-3-5-9/h2-7H2,1H3,(H,10,11). The Hall–Kier alpha value is 0.550. The van der Waals surface area contributed by atoms with Crippen molar-refractivity contribution in [3.8, 4) is 0 Å². The fraction of sp³-hybridized carbons (Fsp3) is 0.875. The lowest BCUT2D eigenvalue weighted by molar-refractivity contribution is -0.118. The van der Waals surface area contributed by atoms with Gasteiger partial charge in [-0.05, 0) is 23.5 Å². The summed E-state index contributed by atoms with van der Waals surface area (Å²) in [5, 5.41) is 2.88. The van der Waals surface area contributed by atoms with Crippen LogP contribution in [0.1, 0.15) is 19.3 Å². The van der Waals surface area contributed by atoms with E-state index in [1.807, 2.05) is 6.26 Å². The third-order valence-corrected chi connectivity index (χ3v) is 2.72. The van der Waals surface area contributed by atoms with Crippen molar-refractivity contribution in [3.63, 3.8) is 0 Å². The van der Waals surface area contributed by atoms with Crippen LogP contribution in [-0.2, 0) is 4.79 Å². The molecule has 0 rings (SSSR count). The van der Waals surface area contributed by atoms with Crippen LogP contribution >= 0.6 is 34.4 Å². The average Bonchev–Trinajstić information content (AvgIpc) is 2.05. The van der Waals surface area contributed by atoms with Gasteiger partial charge in [0, 0.05) is 6.54 Å². The molecule has 0 aliphatic carbocycles. The highest BCUT2D eigenvalue weighted by Gasteiger charge is 1.96. The molecule has 0 unspecified atom stereocenters. The van der Waals surface area contributed by atoms with Crippen LogP contribution in [0, 0.1) is 0 Å². The van der Waals surface area contributed by atoms with Crippen molar-refractivity contribution in [3.05, 3.63) is 0 Å². The summed E-state index contributed by atoms with van der Waals surface area (Å²) < 4.78 is 1.22. The average molecular weight is 301 g/mol. The van der Waals surface area contributed by atoms with E-state index in [-0.39, 0.29) is 5.91 Å². The monoisotopic (exact) mass is 301 g/mol. The topological polar surface area (TPSA) is 29.1 Å². The van der Waals surface area contributed by atoms with Crippen molar-refractivity contribution in [1.29, 1.82) is 0 Å². The van der Waals surface area contributed by atoms with E-state index in [0.29, 0.717) is 5.75 Å². The lowest BCUT2D eigenvalue weighted by atomic mass is 10.2. The molecule has 0 aromatic carbocycles. The summed E-state index contributed by atoms with van der Waals surface area (Å²) >= 11 is 3.94. The zero-order valence-electron chi connectivity index (χ0n) is 7.44. The number of unbranched alkanes of at least 4 members (excludes halogenated alkanes) is 2. The first kappa shape index (κ1) is 12.6. The number of amides is 1. The molecule has 0 saturated heterocycles. The Balaban J connectivity index is 3.03. The maximum absolute atomic E-state index is 10.9. The van der Waals surface area contributed by atoms with Crippen molar-refractivity contribution >= 4 is 40.3 Å². The van der Waals surface area contributed by atoms with Gasteiger partial charge in [-0.3, -0.25) is 4.79 Å². The number of hydrogen-bond acceptors (Lipinski definition) is 2. The molecule has 2 nitrogen and oxygen atoms in total. The van der Waals surface area contributed by atoms with Crippen molar-refractivity contribution in [1.82, 2.24) is 5.32 Å². The number of thioether (sulfide) groups is 1. The second-order valence-electron chi connectivity index (χ2n) is 2.53. The molecule has 0 bridgehead atoms. The van der Waals surface area contributed by atoms with Crippen LogP contribution < -0.4 is 5.32 Å². The van der Waals surface area contributed by atoms with Crippen molar-refractivity contribution in [2.45, 2.75) is 19.3 Å². The molecule has 0 heterocycles. The van der Waals surface area contributed by atoms with Gasteiger partial charge >= 0.3 is 0 Å². The van der Waals surface area contributed by atoms with Crippen LogP contribution in [0.25, 0.3) is 0 Å². The molecule has 0 aliphatic heterocycles. The highest BCUT2D eigenvalue weighted by molar-refractivity contribution is 14.1. The summed E-state index contributed by atoms with van der Waals surface area (Å²) in [6, 6.07) is 0. The normalized spacial score (nSPS) is 9.83. The van der Waals surface area contributed by atoms with Crippen LogP contribution in [0.3, 0.4) is 0 Å². The zero-order valence-corrected chi connectivity index (χ0v) is 10.4. The highest BCUT2D eigenvalue weighted by Crippen LogP contribution is 1.97. The third kappa shape index (κ3) is 8.64. The summed E-state index contributed by atoms with van der Waals surface area (Å²) in [5.74, 6) is 0.753. The highest BCUT2D eigenvalue weighted by atomic mass is 127. The summed E-state index contributed by atoms with van der Waals surface area (Å²) in [5.41, 5.74) is 0. The second-order valence-corrected chi connectivity index (χ2v) is 4.48. The Morgan fingerprint density at radius 2 is 2.17 bits per heavy atom. The molecule has 0 saturated carbocycles. The molecule has 0 aromatic heterocycles. The lowest BCUT2D eigenvalue weighted by Crippen LogP contribution is -2.25. The molecule has 0 radical (unpaired) electrons. The summed E-state index contributed by atoms with van der Waals surface area (Å²) in [7, 11) is 0. The maximum Gasteiger partial charge on any atom is 0.229 e. The Labute approximate surface area is 92.4 Å². The number of nitrogens with one attached hydrogen (secondary N) is 1. The first-order valence-corrected chi connectivity index (χ1v) is 7.04. The predicted molar refractivity (Wildman–Crippen MR) is 64.1 cm³/mol. The first-order chi connectivity index (χ1) is 5.81. The summed E-state index contributed by atoms with van der Waals surface area (Å²) in [4.78, 5) is 10.9. The predicted octanol–water partition coefficient (Wildman–Crippen LogP) is 2.07. The molecule has 0 fully saturated rings. The molecule has 0 spiro atoms.